The van der Waals surface area contributed by atoms with Crippen molar-refractivity contribution in [3.05, 3.63) is 193 Å². The molecule has 0 saturated carbocycles. The summed E-state index contributed by atoms with van der Waals surface area (Å²) < 4.78 is 48.3. The van der Waals surface area contributed by atoms with Crippen LogP contribution in [0.2, 0.25) is 0 Å². The van der Waals surface area contributed by atoms with Gasteiger partial charge in [-0.15, -0.1) is 0 Å². The Hall–Kier alpha value is -7.87. The van der Waals surface area contributed by atoms with E-state index in [-0.39, 0.29) is 11.1 Å². The summed E-state index contributed by atoms with van der Waals surface area (Å²) in [5, 5.41) is 24.7. The van der Waals surface area contributed by atoms with Crippen LogP contribution in [0.3, 0.4) is 0 Å². The first-order chi connectivity index (χ1) is 28.3. The molecule has 0 spiro atoms. The lowest BCUT2D eigenvalue weighted by Gasteiger charge is -2.22. The molecule has 8 aromatic carbocycles. The lowest BCUT2D eigenvalue weighted by atomic mass is 9.94. The van der Waals surface area contributed by atoms with E-state index >= 15 is 0 Å². The minimum Gasteiger partial charge on any atom is -0.308 e. The van der Waals surface area contributed by atoms with Crippen LogP contribution in [0.1, 0.15) is 16.7 Å². The molecule has 2 aromatic heterocycles. The molecule has 4 nitrogen and oxygen atoms in total. The number of aromatic nitrogens is 2. The van der Waals surface area contributed by atoms with E-state index in [0.29, 0.717) is 22.5 Å². The van der Waals surface area contributed by atoms with Crippen LogP contribution in [-0.2, 0) is 6.18 Å². The van der Waals surface area contributed by atoms with Gasteiger partial charge < -0.3 is 9.13 Å². The van der Waals surface area contributed by atoms with E-state index in [0.717, 1.165) is 78.0 Å². The third-order valence-electron chi connectivity index (χ3n) is 10.9. The van der Waals surface area contributed by atoms with Crippen molar-refractivity contribution in [3.63, 3.8) is 0 Å². The van der Waals surface area contributed by atoms with Crippen LogP contribution >= 0.6 is 0 Å². The average Bonchev–Trinajstić information content (AvgIpc) is 3.78. The highest BCUT2D eigenvalue weighted by Crippen LogP contribution is 2.45. The van der Waals surface area contributed by atoms with Crippen LogP contribution in [0.25, 0.3) is 88.4 Å². The number of hydrogen-bond donors (Lipinski definition) is 0. The van der Waals surface area contributed by atoms with E-state index in [9.17, 15) is 23.7 Å². The van der Waals surface area contributed by atoms with Crippen LogP contribution in [0, 0.1) is 22.7 Å². The highest BCUT2D eigenvalue weighted by atomic mass is 19.4. The first-order valence-electron chi connectivity index (χ1n) is 18.7. The Morgan fingerprint density at radius 3 is 1.28 bits per heavy atom. The van der Waals surface area contributed by atoms with Gasteiger partial charge in [-0.2, -0.15) is 23.7 Å². The number of halogens is 3. The molecule has 0 saturated heterocycles. The molecule has 0 aliphatic rings. The van der Waals surface area contributed by atoms with Crippen LogP contribution in [0.4, 0.5) is 13.2 Å². The number of nitrogens with zero attached hydrogens (tertiary/aromatic N) is 4. The molecule has 58 heavy (non-hydrogen) atoms. The van der Waals surface area contributed by atoms with Crippen molar-refractivity contribution in [1.82, 2.24) is 9.13 Å². The van der Waals surface area contributed by atoms with Gasteiger partial charge in [0.05, 0.1) is 62.3 Å². The third-order valence-corrected chi connectivity index (χ3v) is 10.9. The third kappa shape index (κ3) is 5.60. The van der Waals surface area contributed by atoms with Gasteiger partial charge in [-0.1, -0.05) is 121 Å². The van der Waals surface area contributed by atoms with E-state index in [2.05, 4.69) is 42.5 Å². The molecule has 274 valence electrons. The molecule has 0 fully saturated rings. The van der Waals surface area contributed by atoms with Crippen LogP contribution in [0.5, 0.6) is 0 Å². The van der Waals surface area contributed by atoms with Crippen LogP contribution < -0.4 is 0 Å². The normalized spacial score (nSPS) is 11.7. The van der Waals surface area contributed by atoms with Gasteiger partial charge in [0.2, 0.25) is 0 Å². The number of para-hydroxylation sites is 2. The highest BCUT2D eigenvalue weighted by Gasteiger charge is 2.32. The predicted molar refractivity (Wildman–Crippen MR) is 226 cm³/mol. The van der Waals surface area contributed by atoms with Gasteiger partial charge in [-0.05, 0) is 82.4 Å². The van der Waals surface area contributed by atoms with Gasteiger partial charge in [-0.25, -0.2) is 0 Å². The quantitative estimate of drug-likeness (QED) is 0.176. The van der Waals surface area contributed by atoms with Gasteiger partial charge in [0, 0.05) is 27.1 Å². The molecule has 0 N–H and O–H groups in total. The smallest absolute Gasteiger partial charge is 0.308 e. The summed E-state index contributed by atoms with van der Waals surface area (Å²) >= 11 is 0. The summed E-state index contributed by atoms with van der Waals surface area (Å²) in [5.74, 6) is 0. The fourth-order valence-electron chi connectivity index (χ4n) is 8.41. The van der Waals surface area contributed by atoms with E-state index in [1.54, 1.807) is 12.1 Å². The first kappa shape index (κ1) is 34.6. The molecule has 10 aromatic rings. The largest absolute Gasteiger partial charge is 0.416 e. The Labute approximate surface area is 331 Å². The van der Waals surface area contributed by atoms with E-state index in [4.69, 9.17) is 0 Å². The summed E-state index contributed by atoms with van der Waals surface area (Å²) in [6.45, 7) is 0. The van der Waals surface area contributed by atoms with Crippen LogP contribution in [0.15, 0.2) is 176 Å². The topological polar surface area (TPSA) is 57.4 Å². The van der Waals surface area contributed by atoms with Crippen molar-refractivity contribution in [2.24, 2.45) is 0 Å². The Kier molecular flexibility index (Phi) is 8.00. The van der Waals surface area contributed by atoms with Crippen LogP contribution in [-0.4, -0.2) is 9.13 Å². The van der Waals surface area contributed by atoms with E-state index in [1.165, 1.54) is 6.07 Å². The van der Waals surface area contributed by atoms with Crippen molar-refractivity contribution in [2.75, 3.05) is 0 Å². The van der Waals surface area contributed by atoms with Crippen molar-refractivity contribution >= 4 is 43.6 Å². The Morgan fingerprint density at radius 1 is 0.379 bits per heavy atom. The minimum atomic E-state index is -4.73. The Bertz CT molecular complexity index is 3160. The van der Waals surface area contributed by atoms with Gasteiger partial charge in [-0.3, -0.25) is 0 Å². The summed E-state index contributed by atoms with van der Waals surface area (Å²) in [7, 11) is 0. The number of fused-ring (bicyclic) bond motifs is 6. The van der Waals surface area contributed by atoms with E-state index < -0.39 is 11.7 Å². The fraction of sp³-hybridized carbons (Fsp3) is 0.0196. The summed E-state index contributed by atoms with van der Waals surface area (Å²) in [5.41, 5.74) is 8.03. The minimum absolute atomic E-state index is 0.131. The molecule has 0 aliphatic carbocycles. The van der Waals surface area contributed by atoms with Gasteiger partial charge in [0.15, 0.2) is 0 Å². The summed E-state index contributed by atoms with van der Waals surface area (Å²) in [4.78, 5) is 0. The molecule has 7 heteroatoms. The Morgan fingerprint density at radius 2 is 0.810 bits per heavy atom. The number of hydrogen-bond acceptors (Lipinski definition) is 2. The standard InChI is InChI=1S/C51H29F3N4/c52-51(53,54)39-24-32(30-55)23-38(27-39)50-48(57-44-17-9-7-15-40(44)42-21-19-36(28-46(42)57)34-11-3-1-4-12-34)25-33(31-56)26-49(50)58-45-18-10-8-16-41(45)43-22-20-37(29-47(43)58)35-13-5-2-6-14-35/h1-29H. The van der Waals surface area contributed by atoms with Crippen molar-refractivity contribution < 1.29 is 13.2 Å². The van der Waals surface area contributed by atoms with Crippen molar-refractivity contribution in [3.8, 4) is 56.9 Å². The SMILES string of the molecule is N#Cc1cc(-c2c(-n3c4ccccc4c4ccc(-c5ccccc5)cc43)cc(C#N)cc2-n2c3ccccc3c3ccc(-c4ccccc4)cc32)cc(C(F)(F)F)c1. The lowest BCUT2D eigenvalue weighted by molar-refractivity contribution is -0.137. The number of benzene rings is 8. The molecule has 0 atom stereocenters. The zero-order valence-corrected chi connectivity index (χ0v) is 30.7. The maximum absolute atomic E-state index is 14.7. The zero-order chi connectivity index (χ0) is 39.5. The molecule has 0 bridgehead atoms. The average molecular weight is 755 g/mol. The predicted octanol–water partition coefficient (Wildman–Crippen LogP) is 13.6. The number of rotatable bonds is 5. The maximum Gasteiger partial charge on any atom is 0.416 e. The van der Waals surface area contributed by atoms with Crippen molar-refractivity contribution in [2.45, 2.75) is 6.18 Å². The van der Waals surface area contributed by atoms with Gasteiger partial charge in [0.25, 0.3) is 0 Å². The van der Waals surface area contributed by atoms with E-state index in [1.807, 2.05) is 124 Å². The number of nitriles is 2. The highest BCUT2D eigenvalue weighted by molar-refractivity contribution is 6.13. The molecule has 2 heterocycles. The molecule has 0 unspecified atom stereocenters. The Balaban J connectivity index is 1.40. The summed E-state index contributed by atoms with van der Waals surface area (Å²) in [6, 6.07) is 59.6. The monoisotopic (exact) mass is 754 g/mol. The molecular formula is C51H29F3N4. The molecule has 0 aliphatic heterocycles. The number of alkyl halides is 3. The zero-order valence-electron chi connectivity index (χ0n) is 30.7. The molecule has 0 amide bonds. The van der Waals surface area contributed by atoms with Gasteiger partial charge >= 0.3 is 6.18 Å². The lowest BCUT2D eigenvalue weighted by Crippen LogP contribution is -2.08. The molecule has 0 radical (unpaired) electrons. The molecule has 10 rings (SSSR count). The maximum atomic E-state index is 14.7. The van der Waals surface area contributed by atoms with Gasteiger partial charge in [0.1, 0.15) is 0 Å². The second kappa shape index (κ2) is 13.4. The second-order valence-electron chi connectivity index (χ2n) is 14.3. The van der Waals surface area contributed by atoms with Crippen molar-refractivity contribution in [1.29, 1.82) is 10.5 Å². The molecular weight excluding hydrogens is 726 g/mol. The fourth-order valence-corrected chi connectivity index (χ4v) is 8.41. The first-order valence-corrected chi connectivity index (χ1v) is 18.7. The second-order valence-corrected chi connectivity index (χ2v) is 14.3. The summed E-state index contributed by atoms with van der Waals surface area (Å²) in [6.07, 6.45) is -4.73.